The van der Waals surface area contributed by atoms with Crippen LogP contribution in [0, 0.1) is 0 Å². The highest BCUT2D eigenvalue weighted by Gasteiger charge is 2.23. The zero-order valence-electron chi connectivity index (χ0n) is 13.2. The number of carbonyl (C=O) groups excluding carboxylic acids is 2. The maximum Gasteiger partial charge on any atom is 0.338 e. The first-order valence-electron chi connectivity index (χ1n) is 7.66. The molecule has 1 N–H and O–H groups in total. The third kappa shape index (κ3) is 6.72. The van der Waals surface area contributed by atoms with Crippen LogP contribution in [0.3, 0.4) is 0 Å². The lowest BCUT2D eigenvalue weighted by Crippen LogP contribution is -2.27. The van der Waals surface area contributed by atoms with Crippen LogP contribution < -0.4 is 0 Å². The smallest absolute Gasteiger partial charge is 0.338 e. The first kappa shape index (κ1) is 18.2. The second kappa shape index (κ2) is 9.95. The lowest BCUT2D eigenvalue weighted by atomic mass is 10.0. The molecule has 2 unspecified atom stereocenters. The Kier molecular flexibility index (Phi) is 8.22. The van der Waals surface area contributed by atoms with Crippen molar-refractivity contribution in [1.29, 1.82) is 0 Å². The van der Waals surface area contributed by atoms with Crippen molar-refractivity contribution in [2.45, 2.75) is 51.7 Å². The van der Waals surface area contributed by atoms with E-state index in [0.29, 0.717) is 12.0 Å². The highest BCUT2D eigenvalue weighted by atomic mass is 16.6. The molecule has 0 aromatic heterocycles. The Morgan fingerprint density at radius 3 is 2.45 bits per heavy atom. The summed E-state index contributed by atoms with van der Waals surface area (Å²) < 4.78 is 10.3. The molecule has 0 radical (unpaired) electrons. The van der Waals surface area contributed by atoms with Gasteiger partial charge in [-0.2, -0.15) is 0 Å². The number of aliphatic hydroxyl groups is 1. The second-order valence-corrected chi connectivity index (χ2v) is 5.08. The van der Waals surface area contributed by atoms with E-state index < -0.39 is 24.1 Å². The monoisotopic (exact) mass is 308 g/mol. The summed E-state index contributed by atoms with van der Waals surface area (Å²) in [5.41, 5.74) is 0.418. The summed E-state index contributed by atoms with van der Waals surface area (Å²) in [5, 5.41) is 9.90. The van der Waals surface area contributed by atoms with Crippen LogP contribution in [0.4, 0.5) is 0 Å². The van der Waals surface area contributed by atoms with Gasteiger partial charge in [-0.15, -0.1) is 0 Å². The quantitative estimate of drug-likeness (QED) is 0.710. The molecule has 1 aromatic rings. The zero-order valence-corrected chi connectivity index (χ0v) is 13.2. The zero-order chi connectivity index (χ0) is 16.4. The first-order chi connectivity index (χ1) is 10.6. The van der Waals surface area contributed by atoms with Gasteiger partial charge in [0.25, 0.3) is 0 Å². The van der Waals surface area contributed by atoms with E-state index in [4.69, 9.17) is 9.47 Å². The molecule has 0 heterocycles. The van der Waals surface area contributed by atoms with Gasteiger partial charge in [0.05, 0.1) is 24.7 Å². The molecule has 0 aliphatic carbocycles. The van der Waals surface area contributed by atoms with E-state index in [1.165, 1.54) is 0 Å². The summed E-state index contributed by atoms with van der Waals surface area (Å²) in [6, 6.07) is 8.57. The molecule has 122 valence electrons. The molecule has 0 bridgehead atoms. The van der Waals surface area contributed by atoms with Gasteiger partial charge in [-0.05, 0) is 25.5 Å². The van der Waals surface area contributed by atoms with Gasteiger partial charge in [0, 0.05) is 6.42 Å². The minimum atomic E-state index is -0.687. The fourth-order valence-electron chi connectivity index (χ4n) is 2.13. The van der Waals surface area contributed by atoms with Crippen molar-refractivity contribution in [2.75, 3.05) is 6.61 Å². The highest BCUT2D eigenvalue weighted by molar-refractivity contribution is 5.89. The molecule has 0 saturated heterocycles. The molecular weight excluding hydrogens is 284 g/mol. The van der Waals surface area contributed by atoms with Crippen LogP contribution in [-0.4, -0.2) is 35.9 Å². The third-order valence-electron chi connectivity index (χ3n) is 3.14. The Morgan fingerprint density at radius 2 is 1.86 bits per heavy atom. The number of esters is 2. The van der Waals surface area contributed by atoms with Crippen molar-refractivity contribution in [2.24, 2.45) is 0 Å². The van der Waals surface area contributed by atoms with Crippen LogP contribution in [0.2, 0.25) is 0 Å². The number of hydrogen-bond donors (Lipinski definition) is 1. The topological polar surface area (TPSA) is 72.8 Å². The predicted molar refractivity (Wildman–Crippen MR) is 82.4 cm³/mol. The average Bonchev–Trinajstić information content (AvgIpc) is 2.48. The van der Waals surface area contributed by atoms with E-state index >= 15 is 0 Å². The van der Waals surface area contributed by atoms with Crippen molar-refractivity contribution in [3.63, 3.8) is 0 Å². The molecule has 5 nitrogen and oxygen atoms in total. The van der Waals surface area contributed by atoms with Gasteiger partial charge >= 0.3 is 11.9 Å². The summed E-state index contributed by atoms with van der Waals surface area (Å²) in [7, 11) is 0. The summed E-state index contributed by atoms with van der Waals surface area (Å²) in [4.78, 5) is 23.7. The maximum absolute atomic E-state index is 12.1. The van der Waals surface area contributed by atoms with Gasteiger partial charge in [-0.25, -0.2) is 4.79 Å². The van der Waals surface area contributed by atoms with Crippen molar-refractivity contribution >= 4 is 11.9 Å². The number of aliphatic hydroxyl groups excluding tert-OH is 1. The standard InChI is InChI=1S/C17H24O5/c1-3-8-14(18)11-15(12-16(19)21-4-2)22-17(20)13-9-6-5-7-10-13/h5-7,9-10,14-15,18H,3-4,8,11-12H2,1-2H3. The molecular formula is C17H24O5. The van der Waals surface area contributed by atoms with Gasteiger partial charge in [0.1, 0.15) is 6.10 Å². The van der Waals surface area contributed by atoms with Crippen molar-refractivity contribution < 1.29 is 24.2 Å². The van der Waals surface area contributed by atoms with E-state index in [9.17, 15) is 14.7 Å². The van der Waals surface area contributed by atoms with Gasteiger partial charge in [-0.1, -0.05) is 31.5 Å². The second-order valence-electron chi connectivity index (χ2n) is 5.08. The average molecular weight is 308 g/mol. The number of rotatable bonds is 9. The van der Waals surface area contributed by atoms with Crippen LogP contribution in [0.25, 0.3) is 0 Å². The Morgan fingerprint density at radius 1 is 1.18 bits per heavy atom. The molecule has 2 atom stereocenters. The number of hydrogen-bond acceptors (Lipinski definition) is 5. The lowest BCUT2D eigenvalue weighted by Gasteiger charge is -2.20. The summed E-state index contributed by atoms with van der Waals surface area (Å²) >= 11 is 0. The van der Waals surface area contributed by atoms with Gasteiger partial charge in [-0.3, -0.25) is 4.79 Å². The molecule has 0 aliphatic heterocycles. The van der Waals surface area contributed by atoms with E-state index in [1.54, 1.807) is 37.3 Å². The maximum atomic E-state index is 12.1. The van der Waals surface area contributed by atoms with Crippen molar-refractivity contribution in [1.82, 2.24) is 0 Å². The van der Waals surface area contributed by atoms with Gasteiger partial charge in [0.2, 0.25) is 0 Å². The third-order valence-corrected chi connectivity index (χ3v) is 3.14. The number of benzene rings is 1. The van der Waals surface area contributed by atoms with Crippen LogP contribution in [-0.2, 0) is 14.3 Å². The molecule has 1 aromatic carbocycles. The van der Waals surface area contributed by atoms with E-state index in [0.717, 1.165) is 6.42 Å². The normalized spacial score (nSPS) is 13.2. The minimum Gasteiger partial charge on any atom is -0.466 e. The molecule has 0 aliphatic rings. The minimum absolute atomic E-state index is 0.0484. The molecule has 22 heavy (non-hydrogen) atoms. The Bertz CT molecular complexity index is 457. The Labute approximate surface area is 131 Å². The first-order valence-corrected chi connectivity index (χ1v) is 7.66. The van der Waals surface area contributed by atoms with E-state index in [-0.39, 0.29) is 19.4 Å². The Hall–Kier alpha value is -1.88. The SMILES string of the molecule is CCCC(O)CC(CC(=O)OCC)OC(=O)c1ccccc1. The van der Waals surface area contributed by atoms with Crippen molar-refractivity contribution in [3.05, 3.63) is 35.9 Å². The van der Waals surface area contributed by atoms with Crippen LogP contribution in [0.5, 0.6) is 0 Å². The van der Waals surface area contributed by atoms with Crippen LogP contribution in [0.15, 0.2) is 30.3 Å². The molecule has 5 heteroatoms. The molecule has 0 amide bonds. The molecule has 1 rings (SSSR count). The largest absolute Gasteiger partial charge is 0.466 e. The molecule has 0 fully saturated rings. The van der Waals surface area contributed by atoms with E-state index in [2.05, 4.69) is 0 Å². The highest BCUT2D eigenvalue weighted by Crippen LogP contribution is 2.15. The molecule has 0 spiro atoms. The summed E-state index contributed by atoms with van der Waals surface area (Å²) in [6.07, 6.45) is 0.307. The Balaban J connectivity index is 2.67. The van der Waals surface area contributed by atoms with Crippen molar-refractivity contribution in [3.8, 4) is 0 Å². The number of ether oxygens (including phenoxy) is 2. The number of carbonyl (C=O) groups is 2. The van der Waals surface area contributed by atoms with Gasteiger partial charge in [0.15, 0.2) is 0 Å². The fourth-order valence-corrected chi connectivity index (χ4v) is 2.13. The fraction of sp³-hybridized carbons (Fsp3) is 0.529. The van der Waals surface area contributed by atoms with E-state index in [1.807, 2.05) is 6.92 Å². The lowest BCUT2D eigenvalue weighted by molar-refractivity contribution is -0.145. The summed E-state index contributed by atoms with van der Waals surface area (Å²) in [6.45, 7) is 3.95. The molecule has 0 saturated carbocycles. The van der Waals surface area contributed by atoms with Gasteiger partial charge < -0.3 is 14.6 Å². The predicted octanol–water partition coefficient (Wildman–Crippen LogP) is 2.72. The van der Waals surface area contributed by atoms with Crippen LogP contribution in [0.1, 0.15) is 49.9 Å². The van der Waals surface area contributed by atoms with Crippen LogP contribution >= 0.6 is 0 Å². The summed E-state index contributed by atoms with van der Waals surface area (Å²) in [5.74, 6) is -0.935.